The Morgan fingerprint density at radius 2 is 1.90 bits per heavy atom. The Kier molecular flexibility index (Phi) is 6.65. The van der Waals surface area contributed by atoms with Crippen molar-refractivity contribution in [1.29, 1.82) is 5.26 Å². The highest BCUT2D eigenvalue weighted by molar-refractivity contribution is 7.13. The lowest BCUT2D eigenvalue weighted by molar-refractivity contribution is 0.208. The summed E-state index contributed by atoms with van der Waals surface area (Å²) in [6.45, 7) is 3.19. The fourth-order valence-electron chi connectivity index (χ4n) is 3.39. The van der Waals surface area contributed by atoms with E-state index in [0.29, 0.717) is 26.1 Å². The van der Waals surface area contributed by atoms with Crippen molar-refractivity contribution in [3.63, 3.8) is 0 Å². The summed E-state index contributed by atoms with van der Waals surface area (Å²) in [6, 6.07) is 17.2. The number of benzene rings is 2. The van der Waals surface area contributed by atoms with Gasteiger partial charge in [0, 0.05) is 49.0 Å². The van der Waals surface area contributed by atoms with E-state index in [9.17, 15) is 4.79 Å². The van der Waals surface area contributed by atoms with Crippen LogP contribution in [0, 0.1) is 11.3 Å². The number of nitrogens with zero attached hydrogens (tertiary/aromatic N) is 4. The zero-order valence-corrected chi connectivity index (χ0v) is 17.8. The van der Waals surface area contributed by atoms with Gasteiger partial charge in [-0.1, -0.05) is 30.3 Å². The zero-order valence-electron chi connectivity index (χ0n) is 17.0. The second kappa shape index (κ2) is 9.96. The van der Waals surface area contributed by atoms with Gasteiger partial charge in [0.25, 0.3) is 0 Å². The Balaban J connectivity index is 1.33. The molecule has 2 amide bonds. The first kappa shape index (κ1) is 20.7. The van der Waals surface area contributed by atoms with Gasteiger partial charge >= 0.3 is 6.03 Å². The lowest BCUT2D eigenvalue weighted by atomic mass is 10.1. The SMILES string of the molecule is N#CCc1ccc(OCc2ccccc2NC(=O)N2CCN(c3nccs3)CC2)cc1. The number of nitrogens with one attached hydrogen (secondary N) is 1. The van der Waals surface area contributed by atoms with Crippen LogP contribution in [0.25, 0.3) is 0 Å². The quantitative estimate of drug-likeness (QED) is 0.632. The zero-order chi connectivity index (χ0) is 21.5. The number of rotatable bonds is 6. The monoisotopic (exact) mass is 433 g/mol. The summed E-state index contributed by atoms with van der Waals surface area (Å²) >= 11 is 1.62. The number of anilines is 2. The fourth-order valence-corrected chi connectivity index (χ4v) is 4.09. The molecule has 0 bridgehead atoms. The summed E-state index contributed by atoms with van der Waals surface area (Å²) in [5.74, 6) is 0.723. The van der Waals surface area contributed by atoms with Crippen molar-refractivity contribution in [1.82, 2.24) is 9.88 Å². The number of piperazine rings is 1. The topological polar surface area (TPSA) is 81.5 Å². The molecule has 2 aromatic carbocycles. The van der Waals surface area contributed by atoms with Crippen LogP contribution in [0.2, 0.25) is 0 Å². The third-order valence-electron chi connectivity index (χ3n) is 5.12. The van der Waals surface area contributed by atoms with Gasteiger partial charge in [-0.05, 0) is 23.8 Å². The minimum Gasteiger partial charge on any atom is -0.489 e. The van der Waals surface area contributed by atoms with Crippen LogP contribution < -0.4 is 15.0 Å². The number of amides is 2. The smallest absolute Gasteiger partial charge is 0.321 e. The summed E-state index contributed by atoms with van der Waals surface area (Å²) < 4.78 is 5.89. The summed E-state index contributed by atoms with van der Waals surface area (Å²) in [5.41, 5.74) is 2.60. The number of hydrogen-bond acceptors (Lipinski definition) is 6. The van der Waals surface area contributed by atoms with Crippen molar-refractivity contribution < 1.29 is 9.53 Å². The third-order valence-corrected chi connectivity index (χ3v) is 5.95. The molecule has 0 aliphatic carbocycles. The molecule has 158 valence electrons. The average Bonchev–Trinajstić information content (AvgIpc) is 3.35. The third kappa shape index (κ3) is 5.32. The Morgan fingerprint density at radius 1 is 1.13 bits per heavy atom. The molecule has 0 saturated carbocycles. The molecule has 0 radical (unpaired) electrons. The molecule has 0 atom stereocenters. The number of carbonyl (C=O) groups excluding carboxylic acids is 1. The highest BCUT2D eigenvalue weighted by atomic mass is 32.1. The van der Waals surface area contributed by atoms with E-state index in [0.717, 1.165) is 40.8 Å². The Morgan fingerprint density at radius 3 is 2.61 bits per heavy atom. The highest BCUT2D eigenvalue weighted by Gasteiger charge is 2.22. The van der Waals surface area contributed by atoms with E-state index >= 15 is 0 Å². The molecule has 1 aromatic heterocycles. The number of urea groups is 1. The molecule has 8 heteroatoms. The number of carbonyl (C=O) groups is 1. The maximum atomic E-state index is 12.8. The van der Waals surface area contributed by atoms with Crippen molar-refractivity contribution in [2.24, 2.45) is 0 Å². The number of thiazole rings is 1. The van der Waals surface area contributed by atoms with Gasteiger partial charge in [0.15, 0.2) is 5.13 Å². The lowest BCUT2D eigenvalue weighted by Gasteiger charge is -2.34. The van der Waals surface area contributed by atoms with E-state index in [-0.39, 0.29) is 6.03 Å². The van der Waals surface area contributed by atoms with E-state index in [1.54, 1.807) is 17.5 Å². The van der Waals surface area contributed by atoms with Crippen molar-refractivity contribution in [3.8, 4) is 11.8 Å². The molecule has 31 heavy (non-hydrogen) atoms. The first-order valence-electron chi connectivity index (χ1n) is 10.1. The van der Waals surface area contributed by atoms with Crippen molar-refractivity contribution >= 4 is 28.2 Å². The molecule has 7 nitrogen and oxygen atoms in total. The molecule has 2 heterocycles. The first-order valence-corrected chi connectivity index (χ1v) is 11.0. The predicted octanol–water partition coefficient (Wildman–Crippen LogP) is 4.14. The molecular weight excluding hydrogens is 410 g/mol. The summed E-state index contributed by atoms with van der Waals surface area (Å²) in [7, 11) is 0. The van der Waals surface area contributed by atoms with E-state index < -0.39 is 0 Å². The lowest BCUT2D eigenvalue weighted by Crippen LogP contribution is -2.50. The molecule has 0 spiro atoms. The van der Waals surface area contributed by atoms with Crippen molar-refractivity contribution in [3.05, 3.63) is 71.2 Å². The second-order valence-electron chi connectivity index (χ2n) is 7.14. The van der Waals surface area contributed by atoms with Crippen LogP contribution in [0.4, 0.5) is 15.6 Å². The van der Waals surface area contributed by atoms with Crippen LogP contribution in [0.15, 0.2) is 60.1 Å². The van der Waals surface area contributed by atoms with Gasteiger partial charge in [0.1, 0.15) is 12.4 Å². The predicted molar refractivity (Wildman–Crippen MR) is 121 cm³/mol. The van der Waals surface area contributed by atoms with Crippen LogP contribution in [0.5, 0.6) is 5.75 Å². The summed E-state index contributed by atoms with van der Waals surface area (Å²) in [6.07, 6.45) is 2.19. The molecular formula is C23H23N5O2S. The molecule has 1 aliphatic heterocycles. The van der Waals surface area contributed by atoms with Gasteiger partial charge in [-0.3, -0.25) is 0 Å². The normalized spacial score (nSPS) is 13.5. The van der Waals surface area contributed by atoms with Crippen LogP contribution in [-0.2, 0) is 13.0 Å². The van der Waals surface area contributed by atoms with Gasteiger partial charge < -0.3 is 19.9 Å². The molecule has 3 aromatic rings. The van der Waals surface area contributed by atoms with Crippen LogP contribution in [0.3, 0.4) is 0 Å². The molecule has 1 saturated heterocycles. The van der Waals surface area contributed by atoms with Crippen LogP contribution in [0.1, 0.15) is 11.1 Å². The Hall–Kier alpha value is -3.57. The average molecular weight is 434 g/mol. The largest absolute Gasteiger partial charge is 0.489 e. The number of nitriles is 1. The van der Waals surface area contributed by atoms with Crippen LogP contribution in [-0.4, -0.2) is 42.1 Å². The number of hydrogen-bond donors (Lipinski definition) is 1. The molecule has 1 aliphatic rings. The Bertz CT molecular complexity index is 1040. The van der Waals surface area contributed by atoms with Gasteiger partial charge in [0.05, 0.1) is 12.5 Å². The first-order chi connectivity index (χ1) is 15.2. The number of ether oxygens (including phenoxy) is 1. The second-order valence-corrected chi connectivity index (χ2v) is 8.02. The molecule has 1 N–H and O–H groups in total. The standard InChI is InChI=1S/C23H23N5O2S/c24-10-9-18-5-7-20(8-6-18)30-17-19-3-1-2-4-21(19)26-22(29)27-12-14-28(15-13-27)23-25-11-16-31-23/h1-8,11,16H,9,12-15,17H2,(H,26,29). The summed E-state index contributed by atoms with van der Waals surface area (Å²) in [5, 5.41) is 14.8. The van der Waals surface area contributed by atoms with Crippen LogP contribution >= 0.6 is 11.3 Å². The van der Waals surface area contributed by atoms with Crippen molar-refractivity contribution in [2.75, 3.05) is 36.4 Å². The molecule has 4 rings (SSSR count). The van der Waals surface area contributed by atoms with E-state index in [4.69, 9.17) is 10.00 Å². The Labute approximate surface area is 185 Å². The fraction of sp³-hybridized carbons (Fsp3) is 0.261. The highest BCUT2D eigenvalue weighted by Crippen LogP contribution is 2.22. The van der Waals surface area contributed by atoms with E-state index in [1.807, 2.05) is 58.8 Å². The maximum Gasteiger partial charge on any atom is 0.321 e. The number of aromatic nitrogens is 1. The van der Waals surface area contributed by atoms with E-state index in [2.05, 4.69) is 21.3 Å². The van der Waals surface area contributed by atoms with Gasteiger partial charge in [0.2, 0.25) is 0 Å². The minimum atomic E-state index is -0.105. The summed E-state index contributed by atoms with van der Waals surface area (Å²) in [4.78, 5) is 21.2. The van der Waals surface area contributed by atoms with Gasteiger partial charge in [-0.25, -0.2) is 9.78 Å². The molecule has 1 fully saturated rings. The van der Waals surface area contributed by atoms with Crippen molar-refractivity contribution in [2.45, 2.75) is 13.0 Å². The van der Waals surface area contributed by atoms with Gasteiger partial charge in [-0.2, -0.15) is 5.26 Å². The number of para-hydroxylation sites is 1. The minimum absolute atomic E-state index is 0.105. The maximum absolute atomic E-state index is 12.8. The molecule has 0 unspecified atom stereocenters. The van der Waals surface area contributed by atoms with E-state index in [1.165, 1.54) is 0 Å². The van der Waals surface area contributed by atoms with Gasteiger partial charge in [-0.15, -0.1) is 11.3 Å².